The van der Waals surface area contributed by atoms with E-state index in [0.29, 0.717) is 30.1 Å². The van der Waals surface area contributed by atoms with Gasteiger partial charge in [0.2, 0.25) is 11.9 Å². The summed E-state index contributed by atoms with van der Waals surface area (Å²) >= 11 is 0. The van der Waals surface area contributed by atoms with Crippen LogP contribution in [0, 0.1) is 5.82 Å². The Hall–Kier alpha value is -5.22. The van der Waals surface area contributed by atoms with Crippen LogP contribution in [0.25, 0.3) is 22.2 Å². The number of hydrogen-bond acceptors (Lipinski definition) is 9. The number of carbonyl (C=O) groups excluding carboxylic acids is 2. The number of anilines is 1. The molecule has 1 saturated heterocycles. The van der Waals surface area contributed by atoms with E-state index in [9.17, 15) is 28.3 Å². The summed E-state index contributed by atoms with van der Waals surface area (Å²) in [5.41, 5.74) is -0.306. The number of rotatable bonds is 8. The topological polar surface area (TPSA) is 152 Å². The van der Waals surface area contributed by atoms with Crippen molar-refractivity contribution in [1.82, 2.24) is 29.7 Å². The zero-order valence-corrected chi connectivity index (χ0v) is 28.9. The summed E-state index contributed by atoms with van der Waals surface area (Å²) in [5, 5.41) is 12.1. The Labute approximate surface area is 293 Å². The number of carboxylic acids is 1. The van der Waals surface area contributed by atoms with Crippen LogP contribution in [0.2, 0.25) is 0 Å². The van der Waals surface area contributed by atoms with Gasteiger partial charge >= 0.3 is 18.7 Å². The van der Waals surface area contributed by atoms with E-state index < -0.39 is 47.4 Å². The standard InChI is InChI=1S/C32H35B3F3N7O6/c1-31(2,3)51-30(49)45(32(33,34)35)22-11-21(25-16(27(47)48)5-4-6-23(25)50-28(37)38)44-20-9-17(18(36)10-19(20)42-26(22)44)15-12-40-29(41-13-15)43-8-7-39-24(46)14-43/h4-6,9-10,12-13,21-22,28H,7-8,11,14,33-35H2,1-3H3,(H,39,46)(H,47,48)/t21-,22-/m1/s1. The molecule has 0 saturated carbocycles. The number of carboxylic acid groups (broad SMARTS) is 1. The van der Waals surface area contributed by atoms with Crippen molar-refractivity contribution in [1.29, 1.82) is 0 Å². The van der Waals surface area contributed by atoms with Crippen molar-refractivity contribution >= 4 is 58.5 Å². The van der Waals surface area contributed by atoms with E-state index in [1.165, 1.54) is 47.6 Å². The largest absolute Gasteiger partial charge is 0.478 e. The fourth-order valence-corrected chi connectivity index (χ4v) is 6.69. The Morgan fingerprint density at radius 2 is 1.84 bits per heavy atom. The number of ether oxygens (including phenoxy) is 2. The number of alkyl halides is 2. The summed E-state index contributed by atoms with van der Waals surface area (Å²) in [5.74, 6) is -2.01. The first kappa shape index (κ1) is 35.6. The highest BCUT2D eigenvalue weighted by molar-refractivity contribution is 6.59. The molecule has 2 atom stereocenters. The smallest absolute Gasteiger partial charge is 0.409 e. The van der Waals surface area contributed by atoms with Gasteiger partial charge in [0, 0.05) is 54.7 Å². The predicted octanol–water partition coefficient (Wildman–Crippen LogP) is 1.65. The van der Waals surface area contributed by atoms with Crippen LogP contribution in [-0.4, -0.2) is 108 Å². The number of nitrogens with zero attached hydrogens (tertiary/aromatic N) is 6. The highest BCUT2D eigenvalue weighted by atomic mass is 19.3. The van der Waals surface area contributed by atoms with Crippen LogP contribution >= 0.6 is 0 Å². The Balaban J connectivity index is 1.55. The first-order valence-electron chi connectivity index (χ1n) is 16.3. The molecular weight excluding hydrogens is 668 g/mol. The minimum absolute atomic E-state index is 0.00656. The second-order valence-electron chi connectivity index (χ2n) is 14.4. The molecule has 0 aliphatic carbocycles. The lowest BCUT2D eigenvalue weighted by Gasteiger charge is -2.41. The number of nitrogens with one attached hydrogen (secondary N) is 1. The van der Waals surface area contributed by atoms with Crippen LogP contribution in [-0.2, 0) is 9.53 Å². The monoisotopic (exact) mass is 703 g/mol. The lowest BCUT2D eigenvalue weighted by Crippen LogP contribution is -2.56. The minimum atomic E-state index is -3.26. The maximum Gasteiger partial charge on any atom is 0.409 e. The summed E-state index contributed by atoms with van der Waals surface area (Å²) < 4.78 is 55.7. The number of hydrogen-bond donors (Lipinski definition) is 2. The SMILES string of the molecule is BC(B)(B)N(C(=O)OC(C)(C)C)[C@@H]1C[C@H](c2c(OC(F)F)cccc2C(=O)O)n2c1nc1cc(F)c(-c3cnc(N4CCNC(=O)C4)nc3)cc12. The van der Waals surface area contributed by atoms with Crippen molar-refractivity contribution in [2.45, 2.75) is 56.7 Å². The number of carbonyl (C=O) groups is 3. The third kappa shape index (κ3) is 7.06. The van der Waals surface area contributed by atoms with Crippen LogP contribution in [0.5, 0.6) is 5.75 Å². The molecule has 2 amide bonds. The molecule has 6 rings (SSSR count). The number of aromatic nitrogens is 4. The number of fused-ring (bicyclic) bond motifs is 3. The first-order valence-corrected chi connectivity index (χ1v) is 16.3. The zero-order chi connectivity index (χ0) is 37.0. The summed E-state index contributed by atoms with van der Waals surface area (Å²) in [6.45, 7) is 2.91. The number of piperazine rings is 1. The van der Waals surface area contributed by atoms with E-state index in [1.807, 2.05) is 0 Å². The minimum Gasteiger partial charge on any atom is -0.478 e. The molecule has 19 heteroatoms. The lowest BCUT2D eigenvalue weighted by molar-refractivity contribution is -0.120. The van der Waals surface area contributed by atoms with Crippen LogP contribution in [0.4, 0.5) is 23.9 Å². The van der Waals surface area contributed by atoms with Crippen molar-refractivity contribution < 1.29 is 42.1 Å². The number of benzene rings is 2. The van der Waals surface area contributed by atoms with Crippen molar-refractivity contribution in [3.05, 3.63) is 65.5 Å². The van der Waals surface area contributed by atoms with E-state index in [4.69, 9.17) is 14.5 Å². The second kappa shape index (κ2) is 13.2. The van der Waals surface area contributed by atoms with E-state index in [2.05, 4.69) is 15.3 Å². The normalized spacial score (nSPS) is 17.7. The molecule has 0 spiro atoms. The number of amides is 2. The van der Waals surface area contributed by atoms with Gasteiger partial charge in [-0.15, -0.1) is 0 Å². The fraction of sp³-hybridized carbons (Fsp3) is 0.375. The van der Waals surface area contributed by atoms with Crippen LogP contribution < -0.4 is 15.0 Å². The lowest BCUT2D eigenvalue weighted by atomic mass is 9.48. The van der Waals surface area contributed by atoms with Gasteiger partial charge in [-0.2, -0.15) is 8.78 Å². The van der Waals surface area contributed by atoms with Gasteiger partial charge in [0.05, 0.1) is 35.2 Å². The van der Waals surface area contributed by atoms with Gasteiger partial charge in [-0.25, -0.2) is 28.9 Å². The first-order chi connectivity index (χ1) is 23.9. The van der Waals surface area contributed by atoms with Gasteiger partial charge in [0.25, 0.3) is 0 Å². The number of aromatic carboxylic acids is 1. The third-order valence-electron chi connectivity index (χ3n) is 8.60. The molecule has 2 aromatic carbocycles. The van der Waals surface area contributed by atoms with Gasteiger partial charge in [-0.05, 0) is 44.2 Å². The number of halogens is 3. The van der Waals surface area contributed by atoms with Gasteiger partial charge in [0.1, 0.15) is 46.5 Å². The Bertz CT molecular complexity index is 2020. The average molecular weight is 703 g/mol. The number of imidazole rings is 1. The molecule has 2 N–H and O–H groups in total. The molecule has 0 radical (unpaired) electrons. The van der Waals surface area contributed by atoms with Crippen LogP contribution in [0.15, 0.2) is 42.7 Å². The van der Waals surface area contributed by atoms with Gasteiger partial charge in [-0.3, -0.25) is 4.79 Å². The average Bonchev–Trinajstić information content (AvgIpc) is 3.55. The summed E-state index contributed by atoms with van der Waals surface area (Å²) in [6.07, 6.45) is 2.19. The maximum atomic E-state index is 15.9. The summed E-state index contributed by atoms with van der Waals surface area (Å²) in [7, 11) is 5.39. The molecule has 4 heterocycles. The molecule has 264 valence electrons. The Morgan fingerprint density at radius 3 is 2.45 bits per heavy atom. The summed E-state index contributed by atoms with van der Waals surface area (Å²) in [4.78, 5) is 55.0. The highest BCUT2D eigenvalue weighted by Crippen LogP contribution is 2.49. The van der Waals surface area contributed by atoms with E-state index >= 15 is 4.39 Å². The molecule has 2 aromatic heterocycles. The molecule has 1 fully saturated rings. The quantitative estimate of drug-likeness (QED) is 0.260. The molecular formula is C32H35B3F3N7O6. The maximum absolute atomic E-state index is 15.9. The third-order valence-corrected chi connectivity index (χ3v) is 8.60. The van der Waals surface area contributed by atoms with E-state index in [1.54, 1.807) is 53.8 Å². The van der Waals surface area contributed by atoms with Crippen molar-refractivity contribution in [2.75, 3.05) is 24.5 Å². The second-order valence-corrected chi connectivity index (χ2v) is 14.4. The molecule has 0 unspecified atom stereocenters. The predicted molar refractivity (Wildman–Crippen MR) is 188 cm³/mol. The van der Waals surface area contributed by atoms with Gasteiger partial charge in [-0.1, -0.05) is 6.07 Å². The Kier molecular flexibility index (Phi) is 9.18. The van der Waals surface area contributed by atoms with Crippen LogP contribution in [0.3, 0.4) is 0 Å². The molecule has 13 nitrogen and oxygen atoms in total. The van der Waals surface area contributed by atoms with E-state index in [0.717, 1.165) is 0 Å². The van der Waals surface area contributed by atoms with Gasteiger partial charge in [0.15, 0.2) is 0 Å². The van der Waals surface area contributed by atoms with Crippen molar-refractivity contribution in [3.63, 3.8) is 0 Å². The molecule has 2 aliphatic rings. The fourth-order valence-electron chi connectivity index (χ4n) is 6.69. The van der Waals surface area contributed by atoms with E-state index in [-0.39, 0.29) is 52.7 Å². The molecule has 0 bridgehead atoms. The van der Waals surface area contributed by atoms with Gasteiger partial charge < -0.3 is 34.3 Å². The Morgan fingerprint density at radius 1 is 1.14 bits per heavy atom. The van der Waals surface area contributed by atoms with Crippen LogP contribution in [0.1, 0.15) is 61.0 Å². The highest BCUT2D eigenvalue weighted by Gasteiger charge is 2.46. The molecule has 4 aromatic rings. The summed E-state index contributed by atoms with van der Waals surface area (Å²) in [6, 6.07) is 4.69. The van der Waals surface area contributed by atoms with Crippen molar-refractivity contribution in [3.8, 4) is 16.9 Å². The van der Waals surface area contributed by atoms with Crippen molar-refractivity contribution in [2.24, 2.45) is 0 Å². The zero-order valence-electron chi connectivity index (χ0n) is 28.9. The molecule has 51 heavy (non-hydrogen) atoms. The molecule has 2 aliphatic heterocycles.